The highest BCUT2D eigenvalue weighted by Crippen LogP contribution is 2.25. The molecular weight excluding hydrogens is 504 g/mol. The normalized spacial score (nSPS) is 12.7. The molecule has 200 valence electrons. The molecule has 4 rings (SSSR count). The van der Waals surface area contributed by atoms with Crippen molar-refractivity contribution in [1.29, 1.82) is 0 Å². The molecule has 4 aromatic rings. The van der Waals surface area contributed by atoms with Gasteiger partial charge in [-0.3, -0.25) is 9.20 Å². The van der Waals surface area contributed by atoms with Crippen LogP contribution in [-0.2, 0) is 17.8 Å². The second kappa shape index (κ2) is 11.7. The molecule has 0 saturated heterocycles. The predicted molar refractivity (Wildman–Crippen MR) is 132 cm³/mol. The fourth-order valence-electron chi connectivity index (χ4n) is 3.47. The van der Waals surface area contributed by atoms with Gasteiger partial charge in [0.1, 0.15) is 29.9 Å². The molecule has 7 N–H and O–H groups in total. The van der Waals surface area contributed by atoms with Crippen molar-refractivity contribution in [3.8, 4) is 11.4 Å². The van der Waals surface area contributed by atoms with E-state index in [4.69, 9.17) is 20.8 Å². The van der Waals surface area contributed by atoms with Gasteiger partial charge in [0.2, 0.25) is 11.7 Å². The minimum atomic E-state index is -2.93. The van der Waals surface area contributed by atoms with E-state index in [-0.39, 0.29) is 30.8 Å². The first-order chi connectivity index (χ1) is 18.2. The number of halogens is 2. The number of alkyl halides is 2. The fraction of sp³-hybridized carbons (Fsp3) is 0.261. The number of aliphatic hydroxyl groups is 1. The van der Waals surface area contributed by atoms with Gasteiger partial charge >= 0.3 is 0 Å². The third kappa shape index (κ3) is 6.26. The van der Waals surface area contributed by atoms with E-state index in [0.29, 0.717) is 22.6 Å². The first kappa shape index (κ1) is 26.6. The van der Waals surface area contributed by atoms with Gasteiger partial charge in [-0.15, -0.1) is 5.10 Å². The van der Waals surface area contributed by atoms with Gasteiger partial charge in [-0.1, -0.05) is 17.3 Å². The number of aromatic nitrogens is 4. The molecule has 3 aromatic heterocycles. The number of amides is 1. The van der Waals surface area contributed by atoms with Crippen LogP contribution in [0.3, 0.4) is 0 Å². The average Bonchev–Trinajstić information content (AvgIpc) is 3.52. The Morgan fingerprint density at radius 1 is 1.32 bits per heavy atom. The number of hydrazone groups is 1. The Morgan fingerprint density at radius 3 is 2.89 bits per heavy atom. The lowest BCUT2D eigenvalue weighted by Gasteiger charge is -2.10. The van der Waals surface area contributed by atoms with Gasteiger partial charge in [0, 0.05) is 17.4 Å². The maximum absolute atomic E-state index is 13.1. The standard InChI is InChI=1S/C23H25F2N9O4/c1-12-2-3-14(22-30-20(38-32-22)8-17(35)21(24)25)7-15(12)29-23(36)16-9-28-19-6-13(4-5-34(16)19)10-37-11-18(26)31-33-27/h2-7,9,17,21,33,35H,8,10-11,27H2,1H3,(H2,26,31)(H,29,36). The zero-order valence-corrected chi connectivity index (χ0v) is 20.1. The number of imidazole rings is 1. The van der Waals surface area contributed by atoms with E-state index in [9.17, 15) is 18.7 Å². The molecule has 0 aliphatic rings. The molecule has 0 aliphatic carbocycles. The minimum absolute atomic E-state index is 0.0821. The van der Waals surface area contributed by atoms with Crippen molar-refractivity contribution in [1.82, 2.24) is 25.1 Å². The van der Waals surface area contributed by atoms with Crippen molar-refractivity contribution in [3.63, 3.8) is 0 Å². The molecule has 13 nitrogen and oxygen atoms in total. The lowest BCUT2D eigenvalue weighted by Crippen LogP contribution is -2.25. The molecule has 1 atom stereocenters. The molecule has 0 fully saturated rings. The molecule has 0 saturated carbocycles. The van der Waals surface area contributed by atoms with Crippen LogP contribution in [0.25, 0.3) is 17.0 Å². The second-order valence-electron chi connectivity index (χ2n) is 8.23. The molecule has 1 unspecified atom stereocenters. The number of fused-ring (bicyclic) bond motifs is 1. The van der Waals surface area contributed by atoms with E-state index in [0.717, 1.165) is 11.1 Å². The van der Waals surface area contributed by atoms with Crippen LogP contribution in [0.15, 0.2) is 52.4 Å². The molecule has 1 aromatic carbocycles. The Kier molecular flexibility index (Phi) is 8.20. The van der Waals surface area contributed by atoms with Crippen LogP contribution in [0.2, 0.25) is 0 Å². The summed E-state index contributed by atoms with van der Waals surface area (Å²) in [7, 11) is 0. The summed E-state index contributed by atoms with van der Waals surface area (Å²) in [5.74, 6) is 4.85. The van der Waals surface area contributed by atoms with Gasteiger partial charge in [-0.2, -0.15) is 4.98 Å². The van der Waals surface area contributed by atoms with Crippen molar-refractivity contribution in [2.24, 2.45) is 16.7 Å². The lowest BCUT2D eigenvalue weighted by molar-refractivity contribution is -0.00754. The van der Waals surface area contributed by atoms with Gasteiger partial charge in [0.05, 0.1) is 19.2 Å². The molecule has 0 bridgehead atoms. The van der Waals surface area contributed by atoms with Crippen LogP contribution in [0.1, 0.15) is 27.5 Å². The largest absolute Gasteiger partial charge is 0.387 e. The summed E-state index contributed by atoms with van der Waals surface area (Å²) < 4.78 is 37.3. The number of hydrogen-bond donors (Lipinski definition) is 5. The topological polar surface area (TPSA) is 191 Å². The van der Waals surface area contributed by atoms with Crippen molar-refractivity contribution in [2.75, 3.05) is 11.9 Å². The molecule has 1 amide bonds. The van der Waals surface area contributed by atoms with E-state index >= 15 is 0 Å². The minimum Gasteiger partial charge on any atom is -0.387 e. The van der Waals surface area contributed by atoms with Crippen molar-refractivity contribution in [3.05, 3.63) is 65.4 Å². The number of amidine groups is 1. The first-order valence-corrected chi connectivity index (χ1v) is 11.3. The molecule has 0 spiro atoms. The first-order valence-electron chi connectivity index (χ1n) is 11.3. The third-order valence-corrected chi connectivity index (χ3v) is 5.42. The lowest BCUT2D eigenvalue weighted by atomic mass is 10.1. The van der Waals surface area contributed by atoms with Crippen molar-refractivity contribution < 1.29 is 27.9 Å². The van der Waals surface area contributed by atoms with Crippen LogP contribution in [0.4, 0.5) is 14.5 Å². The number of hydrazine groups is 1. The number of hydrogen-bond acceptors (Lipinski definition) is 10. The zero-order chi connectivity index (χ0) is 27.2. The summed E-state index contributed by atoms with van der Waals surface area (Å²) in [6.07, 6.45) is -2.16. The van der Waals surface area contributed by atoms with Gasteiger partial charge in [0.15, 0.2) is 0 Å². The molecule has 0 radical (unpaired) electrons. The zero-order valence-electron chi connectivity index (χ0n) is 20.1. The van der Waals surface area contributed by atoms with E-state index in [1.807, 2.05) is 6.92 Å². The van der Waals surface area contributed by atoms with Crippen molar-refractivity contribution in [2.45, 2.75) is 32.5 Å². The second-order valence-corrected chi connectivity index (χ2v) is 8.23. The number of aryl methyl sites for hydroxylation is 1. The number of carbonyl (C=O) groups is 1. The molecular formula is C23H25F2N9O4. The summed E-state index contributed by atoms with van der Waals surface area (Å²) in [6, 6.07) is 8.64. The smallest absolute Gasteiger partial charge is 0.274 e. The number of aliphatic hydroxyl groups excluding tert-OH is 1. The highest BCUT2D eigenvalue weighted by Gasteiger charge is 2.21. The Balaban J connectivity index is 1.46. The SMILES string of the molecule is Cc1ccc(-c2noc(CC(O)C(F)F)n2)cc1NC(=O)c1cnc2cc(COC/C(N)=N/NN)ccn12. The Hall–Kier alpha value is -4.47. The predicted octanol–water partition coefficient (Wildman–Crippen LogP) is 1.37. The Morgan fingerprint density at radius 2 is 2.13 bits per heavy atom. The number of ether oxygens (including phenoxy) is 1. The summed E-state index contributed by atoms with van der Waals surface area (Å²) in [5, 5.41) is 19.6. The molecule has 0 aliphatic heterocycles. The average molecular weight is 530 g/mol. The number of nitrogens with two attached hydrogens (primary N) is 2. The van der Waals surface area contributed by atoms with Gasteiger partial charge in [-0.25, -0.2) is 25.1 Å². The maximum atomic E-state index is 13.1. The quantitative estimate of drug-likeness (QED) is 0.0820. The number of benzene rings is 1. The fourth-order valence-corrected chi connectivity index (χ4v) is 3.47. The highest BCUT2D eigenvalue weighted by molar-refractivity contribution is 6.04. The summed E-state index contributed by atoms with van der Waals surface area (Å²) in [6.45, 7) is 2.14. The van der Waals surface area contributed by atoms with Gasteiger partial charge < -0.3 is 25.4 Å². The number of carbonyl (C=O) groups excluding carboxylic acids is 1. The molecule has 3 heterocycles. The van der Waals surface area contributed by atoms with Crippen LogP contribution in [0, 0.1) is 6.92 Å². The number of nitrogens with one attached hydrogen (secondary N) is 2. The summed E-state index contributed by atoms with van der Waals surface area (Å²) >= 11 is 0. The maximum Gasteiger partial charge on any atom is 0.274 e. The Bertz CT molecular complexity index is 1450. The number of rotatable bonds is 11. The van der Waals surface area contributed by atoms with Crippen LogP contribution in [-0.4, -0.2) is 55.5 Å². The monoisotopic (exact) mass is 529 g/mol. The number of nitrogens with zero attached hydrogens (tertiary/aromatic N) is 5. The van der Waals surface area contributed by atoms with E-state index in [1.54, 1.807) is 40.9 Å². The van der Waals surface area contributed by atoms with E-state index in [2.05, 4.69) is 31.1 Å². The Labute approximate surface area is 214 Å². The van der Waals surface area contributed by atoms with Crippen LogP contribution in [0.5, 0.6) is 0 Å². The number of pyridine rings is 1. The molecule has 15 heteroatoms. The summed E-state index contributed by atoms with van der Waals surface area (Å²) in [4.78, 5) is 21.5. The molecule has 38 heavy (non-hydrogen) atoms. The van der Waals surface area contributed by atoms with E-state index in [1.165, 1.54) is 6.20 Å². The summed E-state index contributed by atoms with van der Waals surface area (Å²) in [5.41, 5.74) is 11.1. The van der Waals surface area contributed by atoms with Gasteiger partial charge in [-0.05, 0) is 36.2 Å². The third-order valence-electron chi connectivity index (χ3n) is 5.42. The van der Waals surface area contributed by atoms with Crippen LogP contribution < -0.4 is 22.4 Å². The van der Waals surface area contributed by atoms with E-state index < -0.39 is 24.9 Å². The highest BCUT2D eigenvalue weighted by atomic mass is 19.3. The van der Waals surface area contributed by atoms with Gasteiger partial charge in [0.25, 0.3) is 12.3 Å². The van der Waals surface area contributed by atoms with Crippen LogP contribution >= 0.6 is 0 Å². The van der Waals surface area contributed by atoms with Crippen molar-refractivity contribution >= 4 is 23.1 Å². The number of anilines is 1.